The predicted octanol–water partition coefficient (Wildman–Crippen LogP) is 4.15. The Labute approximate surface area is 151 Å². The van der Waals surface area contributed by atoms with E-state index in [0.29, 0.717) is 0 Å². The fourth-order valence-corrected chi connectivity index (χ4v) is 4.08. The van der Waals surface area contributed by atoms with E-state index in [2.05, 4.69) is 38.9 Å². The van der Waals surface area contributed by atoms with Crippen LogP contribution in [0.15, 0.2) is 54.7 Å². The Balaban J connectivity index is 1.39. The summed E-state index contributed by atoms with van der Waals surface area (Å²) in [5, 5.41) is 4.17. The number of carbonyl (C=O) groups is 1. The van der Waals surface area contributed by atoms with Crippen molar-refractivity contribution in [1.29, 1.82) is 0 Å². The van der Waals surface area contributed by atoms with Gasteiger partial charge in [0.25, 0.3) is 0 Å². The van der Waals surface area contributed by atoms with Crippen molar-refractivity contribution in [2.45, 2.75) is 19.4 Å². The van der Waals surface area contributed by atoms with Crippen LogP contribution in [-0.4, -0.2) is 28.3 Å². The molecule has 1 aliphatic heterocycles. The summed E-state index contributed by atoms with van der Waals surface area (Å²) in [7, 11) is 0. The van der Waals surface area contributed by atoms with Gasteiger partial charge in [0.2, 0.25) is 5.91 Å². The van der Waals surface area contributed by atoms with Crippen molar-refractivity contribution < 1.29 is 4.79 Å². The molecule has 1 N–H and O–H groups in total. The van der Waals surface area contributed by atoms with Gasteiger partial charge < -0.3 is 5.32 Å². The molecule has 1 amide bonds. The van der Waals surface area contributed by atoms with Gasteiger partial charge in [0, 0.05) is 30.4 Å². The van der Waals surface area contributed by atoms with E-state index in [-0.39, 0.29) is 11.8 Å². The molecule has 0 aliphatic carbocycles. The lowest BCUT2D eigenvalue weighted by atomic mass is 9.96. The zero-order valence-electron chi connectivity index (χ0n) is 14.0. The molecule has 0 bridgehead atoms. The summed E-state index contributed by atoms with van der Waals surface area (Å²) >= 11 is 1.47. The zero-order valence-corrected chi connectivity index (χ0v) is 14.8. The maximum absolute atomic E-state index is 12.7. The molecule has 0 radical (unpaired) electrons. The number of likely N-dealkylation sites (tertiary alicyclic amines) is 1. The van der Waals surface area contributed by atoms with E-state index in [4.69, 9.17) is 0 Å². The van der Waals surface area contributed by atoms with Crippen LogP contribution in [0.2, 0.25) is 0 Å². The smallest absolute Gasteiger partial charge is 0.228 e. The van der Waals surface area contributed by atoms with Gasteiger partial charge in [0.05, 0.1) is 10.6 Å². The van der Waals surface area contributed by atoms with Crippen LogP contribution in [0.5, 0.6) is 0 Å². The Morgan fingerprint density at radius 2 is 2.12 bits per heavy atom. The number of nitrogens with one attached hydrogen (secondary N) is 1. The maximum atomic E-state index is 12.7. The molecule has 4 nitrogen and oxygen atoms in total. The lowest BCUT2D eigenvalue weighted by Crippen LogP contribution is -2.40. The van der Waals surface area contributed by atoms with E-state index >= 15 is 0 Å². The highest BCUT2D eigenvalue weighted by molar-refractivity contribution is 7.13. The number of benzene rings is 2. The van der Waals surface area contributed by atoms with Crippen LogP contribution in [0.3, 0.4) is 0 Å². The van der Waals surface area contributed by atoms with Gasteiger partial charge in [-0.05, 0) is 54.7 Å². The summed E-state index contributed by atoms with van der Waals surface area (Å²) in [6.07, 6.45) is 3.87. The largest absolute Gasteiger partial charge is 0.326 e. The molecule has 1 saturated heterocycles. The molecule has 4 rings (SSSR count). The summed E-state index contributed by atoms with van der Waals surface area (Å²) in [6, 6.07) is 16.4. The molecule has 5 heteroatoms. The molecular formula is C20H21N3OS. The lowest BCUT2D eigenvalue weighted by molar-refractivity contribution is -0.121. The number of hydrogen-bond acceptors (Lipinski definition) is 4. The fourth-order valence-electron chi connectivity index (χ4n) is 3.45. The van der Waals surface area contributed by atoms with E-state index in [1.807, 2.05) is 30.5 Å². The van der Waals surface area contributed by atoms with E-state index in [1.165, 1.54) is 17.1 Å². The van der Waals surface area contributed by atoms with Crippen LogP contribution < -0.4 is 5.32 Å². The second-order valence-electron chi connectivity index (χ2n) is 6.63. The normalized spacial score (nSPS) is 18.3. The number of nitrogens with zero attached hydrogens (tertiary/aromatic N) is 2. The van der Waals surface area contributed by atoms with Gasteiger partial charge in [-0.1, -0.05) is 30.3 Å². The monoisotopic (exact) mass is 351 g/mol. The maximum Gasteiger partial charge on any atom is 0.228 e. The summed E-state index contributed by atoms with van der Waals surface area (Å²) in [6.45, 7) is 2.80. The van der Waals surface area contributed by atoms with Crippen LogP contribution in [0.4, 0.5) is 5.69 Å². The van der Waals surface area contributed by atoms with Crippen molar-refractivity contribution in [3.05, 3.63) is 60.3 Å². The van der Waals surface area contributed by atoms with Crippen LogP contribution >= 0.6 is 11.5 Å². The Kier molecular flexibility index (Phi) is 4.76. The minimum absolute atomic E-state index is 0.0498. The highest BCUT2D eigenvalue weighted by Crippen LogP contribution is 2.24. The van der Waals surface area contributed by atoms with Crippen LogP contribution in [-0.2, 0) is 11.3 Å². The first-order valence-electron chi connectivity index (χ1n) is 8.69. The van der Waals surface area contributed by atoms with Gasteiger partial charge in [-0.25, -0.2) is 0 Å². The van der Waals surface area contributed by atoms with Crippen LogP contribution in [0, 0.1) is 5.92 Å². The number of hydrogen-bond donors (Lipinski definition) is 1. The molecule has 128 valence electrons. The molecule has 0 spiro atoms. The number of amides is 1. The SMILES string of the molecule is O=C(Nc1ccc2sncc2c1)[C@@H]1CCCN(Cc2ccccc2)C1. The number of rotatable bonds is 4. The molecule has 25 heavy (non-hydrogen) atoms. The van der Waals surface area contributed by atoms with Gasteiger partial charge in [-0.15, -0.1) is 0 Å². The Morgan fingerprint density at radius 3 is 3.00 bits per heavy atom. The third-order valence-corrected chi connectivity index (χ3v) is 5.52. The van der Waals surface area contributed by atoms with Gasteiger partial charge >= 0.3 is 0 Å². The first kappa shape index (κ1) is 16.2. The van der Waals surface area contributed by atoms with Crippen molar-refractivity contribution in [3.8, 4) is 0 Å². The highest BCUT2D eigenvalue weighted by Gasteiger charge is 2.25. The highest BCUT2D eigenvalue weighted by atomic mass is 32.1. The Bertz CT molecular complexity index is 862. The van der Waals surface area contributed by atoms with Crippen molar-refractivity contribution in [2.75, 3.05) is 18.4 Å². The van der Waals surface area contributed by atoms with Crippen LogP contribution in [0.25, 0.3) is 10.1 Å². The molecule has 1 fully saturated rings. The van der Waals surface area contributed by atoms with Gasteiger partial charge in [-0.2, -0.15) is 4.37 Å². The predicted molar refractivity (Wildman–Crippen MR) is 103 cm³/mol. The molecule has 1 aromatic heterocycles. The quantitative estimate of drug-likeness (QED) is 0.768. The summed E-state index contributed by atoms with van der Waals surface area (Å²) < 4.78 is 5.33. The number of aromatic nitrogens is 1. The number of carbonyl (C=O) groups excluding carboxylic acids is 1. The summed E-state index contributed by atoms with van der Waals surface area (Å²) in [4.78, 5) is 15.1. The second-order valence-corrected chi connectivity index (χ2v) is 7.46. The first-order valence-corrected chi connectivity index (χ1v) is 9.47. The molecule has 0 unspecified atom stereocenters. The Morgan fingerprint density at radius 1 is 1.24 bits per heavy atom. The van der Waals surface area contributed by atoms with Crippen molar-refractivity contribution >= 4 is 33.2 Å². The van der Waals surface area contributed by atoms with Crippen molar-refractivity contribution in [2.24, 2.45) is 5.92 Å². The molecular weight excluding hydrogens is 330 g/mol. The van der Waals surface area contributed by atoms with E-state index in [9.17, 15) is 4.79 Å². The molecule has 1 aliphatic rings. The zero-order chi connectivity index (χ0) is 17.1. The number of anilines is 1. The third kappa shape index (κ3) is 3.89. The van der Waals surface area contributed by atoms with E-state index < -0.39 is 0 Å². The summed E-state index contributed by atoms with van der Waals surface area (Å²) in [5.41, 5.74) is 2.16. The topological polar surface area (TPSA) is 45.2 Å². The second kappa shape index (κ2) is 7.33. The molecule has 3 aromatic rings. The lowest BCUT2D eigenvalue weighted by Gasteiger charge is -2.32. The van der Waals surface area contributed by atoms with Gasteiger partial charge in [0.15, 0.2) is 0 Å². The third-order valence-electron chi connectivity index (χ3n) is 4.75. The minimum atomic E-state index is 0.0498. The van der Waals surface area contributed by atoms with Crippen LogP contribution in [0.1, 0.15) is 18.4 Å². The number of fused-ring (bicyclic) bond motifs is 1. The Hall–Kier alpha value is -2.24. The molecule has 2 aromatic carbocycles. The average Bonchev–Trinajstić information content (AvgIpc) is 3.10. The molecule has 0 saturated carbocycles. The molecule has 1 atom stereocenters. The standard InChI is InChI=1S/C20H21N3OS/c24-20(22-18-8-9-19-17(11-18)12-21-25-19)16-7-4-10-23(14-16)13-15-5-2-1-3-6-15/h1-3,5-6,8-9,11-12,16H,4,7,10,13-14H2,(H,22,24)/t16-/m1/s1. The van der Waals surface area contributed by atoms with Gasteiger partial charge in [0.1, 0.15) is 0 Å². The van der Waals surface area contributed by atoms with Crippen molar-refractivity contribution in [1.82, 2.24) is 9.27 Å². The fraction of sp³-hybridized carbons (Fsp3) is 0.300. The van der Waals surface area contributed by atoms with E-state index in [0.717, 1.165) is 48.2 Å². The molecule has 2 heterocycles. The number of piperidine rings is 1. The van der Waals surface area contributed by atoms with Crippen molar-refractivity contribution in [3.63, 3.8) is 0 Å². The first-order chi connectivity index (χ1) is 12.3. The summed E-state index contributed by atoms with van der Waals surface area (Å²) in [5.74, 6) is 0.175. The average molecular weight is 351 g/mol. The minimum Gasteiger partial charge on any atom is -0.326 e. The van der Waals surface area contributed by atoms with E-state index in [1.54, 1.807) is 0 Å². The van der Waals surface area contributed by atoms with Gasteiger partial charge in [-0.3, -0.25) is 9.69 Å².